The Kier molecular flexibility index (Phi) is 3.89. The smallest absolute Gasteiger partial charge is 0.225 e. The molecule has 0 N–H and O–H groups in total. The van der Waals surface area contributed by atoms with E-state index in [1.165, 1.54) is 12.4 Å². The van der Waals surface area contributed by atoms with Crippen LogP contribution < -0.4 is 4.90 Å². The third-order valence-electron chi connectivity index (χ3n) is 3.81. The maximum atomic E-state index is 12.9. The molecular weight excluding hydrogens is 247 g/mol. The Morgan fingerprint density at radius 1 is 1.21 bits per heavy atom. The molecule has 5 nitrogen and oxygen atoms in total. The monoisotopic (exact) mass is 266 g/mol. The van der Waals surface area contributed by atoms with Crippen LogP contribution in [0.25, 0.3) is 0 Å². The zero-order chi connectivity index (χ0) is 13.1. The Labute approximate surface area is 112 Å². The highest BCUT2D eigenvalue weighted by atomic mass is 19.1. The fourth-order valence-electron chi connectivity index (χ4n) is 2.82. The summed E-state index contributed by atoms with van der Waals surface area (Å²) >= 11 is 0. The van der Waals surface area contributed by atoms with Crippen molar-refractivity contribution in [2.75, 3.05) is 44.3 Å². The first kappa shape index (κ1) is 12.7. The topological polar surface area (TPSA) is 41.5 Å². The Hall–Kier alpha value is -1.27. The first-order valence-corrected chi connectivity index (χ1v) is 6.87. The summed E-state index contributed by atoms with van der Waals surface area (Å²) in [5, 5.41) is 0. The SMILES string of the molecule is Fc1cnc(N2CCC[C@@H]2CN2CCOCC2)nc1. The van der Waals surface area contributed by atoms with Gasteiger partial charge in [-0.1, -0.05) is 0 Å². The van der Waals surface area contributed by atoms with Gasteiger partial charge in [-0.3, -0.25) is 4.90 Å². The minimum absolute atomic E-state index is 0.382. The van der Waals surface area contributed by atoms with Crippen molar-refractivity contribution in [3.8, 4) is 0 Å². The third-order valence-corrected chi connectivity index (χ3v) is 3.81. The van der Waals surface area contributed by atoms with Gasteiger partial charge in [0.05, 0.1) is 25.6 Å². The lowest BCUT2D eigenvalue weighted by atomic mass is 10.2. The molecule has 2 aliphatic heterocycles. The molecule has 2 saturated heterocycles. The van der Waals surface area contributed by atoms with Gasteiger partial charge in [-0.15, -0.1) is 0 Å². The maximum absolute atomic E-state index is 12.9. The molecule has 0 bridgehead atoms. The third kappa shape index (κ3) is 3.01. The zero-order valence-electron chi connectivity index (χ0n) is 11.0. The van der Waals surface area contributed by atoms with Crippen LogP contribution in [0, 0.1) is 5.82 Å². The van der Waals surface area contributed by atoms with Crippen molar-refractivity contribution in [1.82, 2.24) is 14.9 Å². The highest BCUT2D eigenvalue weighted by Gasteiger charge is 2.28. The molecular formula is C13H19FN4O. The molecule has 104 valence electrons. The molecule has 0 amide bonds. The molecule has 3 heterocycles. The van der Waals surface area contributed by atoms with Gasteiger partial charge in [0.25, 0.3) is 0 Å². The fraction of sp³-hybridized carbons (Fsp3) is 0.692. The van der Waals surface area contributed by atoms with E-state index in [-0.39, 0.29) is 5.82 Å². The van der Waals surface area contributed by atoms with Gasteiger partial charge in [-0.05, 0) is 12.8 Å². The van der Waals surface area contributed by atoms with E-state index >= 15 is 0 Å². The van der Waals surface area contributed by atoms with Crippen LogP contribution in [0.4, 0.5) is 10.3 Å². The second-order valence-electron chi connectivity index (χ2n) is 5.10. The van der Waals surface area contributed by atoms with Gasteiger partial charge < -0.3 is 9.64 Å². The predicted octanol–water partition coefficient (Wildman–Crippen LogP) is 0.917. The van der Waals surface area contributed by atoms with Crippen LogP contribution in [-0.4, -0.2) is 60.3 Å². The first-order valence-electron chi connectivity index (χ1n) is 6.87. The standard InChI is InChI=1S/C13H19FN4O/c14-11-8-15-13(16-9-11)18-3-1-2-12(18)10-17-4-6-19-7-5-17/h8-9,12H,1-7,10H2/t12-/m1/s1. The molecule has 1 atom stereocenters. The maximum Gasteiger partial charge on any atom is 0.225 e. The molecule has 0 aromatic carbocycles. The van der Waals surface area contributed by atoms with Gasteiger partial charge in [-0.2, -0.15) is 0 Å². The van der Waals surface area contributed by atoms with E-state index < -0.39 is 0 Å². The largest absolute Gasteiger partial charge is 0.379 e. The number of aromatic nitrogens is 2. The van der Waals surface area contributed by atoms with Crippen molar-refractivity contribution >= 4 is 5.95 Å². The van der Waals surface area contributed by atoms with Crippen LogP contribution in [0.15, 0.2) is 12.4 Å². The molecule has 6 heteroatoms. The van der Waals surface area contributed by atoms with Crippen molar-refractivity contribution in [2.45, 2.75) is 18.9 Å². The summed E-state index contributed by atoms with van der Waals surface area (Å²) in [6.07, 6.45) is 4.78. The van der Waals surface area contributed by atoms with Crippen LogP contribution in [0.5, 0.6) is 0 Å². The second-order valence-corrected chi connectivity index (χ2v) is 5.10. The molecule has 2 aliphatic rings. The number of rotatable bonds is 3. The molecule has 0 unspecified atom stereocenters. The van der Waals surface area contributed by atoms with E-state index in [4.69, 9.17) is 4.74 Å². The molecule has 19 heavy (non-hydrogen) atoms. The highest BCUT2D eigenvalue weighted by Crippen LogP contribution is 2.23. The van der Waals surface area contributed by atoms with Crippen molar-refractivity contribution in [1.29, 1.82) is 0 Å². The van der Waals surface area contributed by atoms with Gasteiger partial charge in [-0.25, -0.2) is 14.4 Å². The van der Waals surface area contributed by atoms with E-state index in [2.05, 4.69) is 19.8 Å². The van der Waals surface area contributed by atoms with Crippen molar-refractivity contribution in [3.05, 3.63) is 18.2 Å². The number of halogens is 1. The summed E-state index contributed by atoms with van der Waals surface area (Å²) in [6.45, 7) is 5.60. The van der Waals surface area contributed by atoms with E-state index in [9.17, 15) is 4.39 Å². The molecule has 0 aliphatic carbocycles. The molecule has 1 aromatic heterocycles. The minimum Gasteiger partial charge on any atom is -0.379 e. The molecule has 3 rings (SSSR count). The molecule has 0 spiro atoms. The second kappa shape index (κ2) is 5.79. The van der Waals surface area contributed by atoms with Crippen molar-refractivity contribution < 1.29 is 9.13 Å². The summed E-state index contributed by atoms with van der Waals surface area (Å²) in [6, 6.07) is 0.434. The average Bonchev–Trinajstić information content (AvgIpc) is 2.89. The van der Waals surface area contributed by atoms with Crippen LogP contribution >= 0.6 is 0 Å². The van der Waals surface area contributed by atoms with Gasteiger partial charge in [0, 0.05) is 32.2 Å². The quantitative estimate of drug-likeness (QED) is 0.813. The minimum atomic E-state index is -0.382. The predicted molar refractivity (Wildman–Crippen MR) is 69.6 cm³/mol. The summed E-state index contributed by atoms with van der Waals surface area (Å²) in [4.78, 5) is 12.8. The number of hydrogen-bond donors (Lipinski definition) is 0. The molecule has 0 radical (unpaired) electrons. The average molecular weight is 266 g/mol. The number of ether oxygens (including phenoxy) is 1. The van der Waals surface area contributed by atoms with Crippen molar-refractivity contribution in [3.63, 3.8) is 0 Å². The lowest BCUT2D eigenvalue weighted by Crippen LogP contribution is -2.45. The van der Waals surface area contributed by atoms with Gasteiger partial charge in [0.2, 0.25) is 5.95 Å². The Balaban J connectivity index is 1.65. The molecule has 0 saturated carbocycles. The zero-order valence-corrected chi connectivity index (χ0v) is 11.0. The van der Waals surface area contributed by atoms with Crippen LogP contribution in [-0.2, 0) is 4.74 Å². The number of nitrogens with zero attached hydrogens (tertiary/aromatic N) is 4. The lowest BCUT2D eigenvalue weighted by Gasteiger charge is -2.32. The summed E-state index contributed by atoms with van der Waals surface area (Å²) in [7, 11) is 0. The first-order chi connectivity index (χ1) is 9.33. The number of hydrogen-bond acceptors (Lipinski definition) is 5. The number of morpholine rings is 1. The Bertz CT molecular complexity index is 408. The van der Waals surface area contributed by atoms with Crippen LogP contribution in [0.3, 0.4) is 0 Å². The summed E-state index contributed by atoms with van der Waals surface area (Å²) in [5.41, 5.74) is 0. The lowest BCUT2D eigenvalue weighted by molar-refractivity contribution is 0.0354. The van der Waals surface area contributed by atoms with E-state index in [0.717, 1.165) is 52.2 Å². The van der Waals surface area contributed by atoms with Gasteiger partial charge in [0.15, 0.2) is 5.82 Å². The highest BCUT2D eigenvalue weighted by molar-refractivity contribution is 5.32. The van der Waals surface area contributed by atoms with Crippen LogP contribution in [0.2, 0.25) is 0 Å². The Morgan fingerprint density at radius 2 is 1.95 bits per heavy atom. The van der Waals surface area contributed by atoms with Crippen LogP contribution in [0.1, 0.15) is 12.8 Å². The Morgan fingerprint density at radius 3 is 2.68 bits per heavy atom. The molecule has 2 fully saturated rings. The van der Waals surface area contributed by atoms with Gasteiger partial charge >= 0.3 is 0 Å². The summed E-state index contributed by atoms with van der Waals surface area (Å²) < 4.78 is 18.2. The normalized spacial score (nSPS) is 24.9. The van der Waals surface area contributed by atoms with Crippen molar-refractivity contribution in [2.24, 2.45) is 0 Å². The summed E-state index contributed by atoms with van der Waals surface area (Å²) in [5.74, 6) is 0.268. The number of anilines is 1. The molecule has 1 aromatic rings. The van der Waals surface area contributed by atoms with E-state index in [0.29, 0.717) is 12.0 Å². The fourth-order valence-corrected chi connectivity index (χ4v) is 2.82. The van der Waals surface area contributed by atoms with Gasteiger partial charge in [0.1, 0.15) is 0 Å². The van der Waals surface area contributed by atoms with E-state index in [1.807, 2.05) is 0 Å². The van der Waals surface area contributed by atoms with E-state index in [1.54, 1.807) is 0 Å².